The third-order valence-corrected chi connectivity index (χ3v) is 3.37. The molecule has 0 saturated carbocycles. The molecule has 0 bridgehead atoms. The van der Waals surface area contributed by atoms with E-state index in [1.807, 2.05) is 0 Å². The van der Waals surface area contributed by atoms with Gasteiger partial charge in [0, 0.05) is 24.8 Å². The molecule has 6 heteroatoms. The zero-order valence-electron chi connectivity index (χ0n) is 8.80. The van der Waals surface area contributed by atoms with Gasteiger partial charge in [-0.3, -0.25) is 0 Å². The van der Waals surface area contributed by atoms with Gasteiger partial charge in [-0.2, -0.15) is 0 Å². The van der Waals surface area contributed by atoms with Crippen LogP contribution in [0.15, 0.2) is 16.6 Å². The highest BCUT2D eigenvalue weighted by molar-refractivity contribution is 9.10. The van der Waals surface area contributed by atoms with Crippen LogP contribution < -0.4 is 4.74 Å². The molecule has 0 aliphatic rings. The van der Waals surface area contributed by atoms with Crippen molar-refractivity contribution >= 4 is 39.1 Å². The van der Waals surface area contributed by atoms with Crippen molar-refractivity contribution in [3.05, 3.63) is 26.7 Å². The van der Waals surface area contributed by atoms with Gasteiger partial charge in [0.15, 0.2) is 6.29 Å². The van der Waals surface area contributed by atoms with Crippen molar-refractivity contribution in [3.63, 3.8) is 0 Å². The first kappa shape index (κ1) is 14.1. The van der Waals surface area contributed by atoms with E-state index in [1.165, 1.54) is 14.2 Å². The van der Waals surface area contributed by atoms with Crippen LogP contribution in [0.2, 0.25) is 10.0 Å². The molecular formula is C10H11BrCl2O3. The summed E-state index contributed by atoms with van der Waals surface area (Å²) < 4.78 is 16.1. The predicted molar refractivity (Wildman–Crippen MR) is 67.5 cm³/mol. The summed E-state index contributed by atoms with van der Waals surface area (Å²) in [7, 11) is 3.07. The van der Waals surface area contributed by atoms with Crippen LogP contribution >= 0.6 is 39.1 Å². The van der Waals surface area contributed by atoms with Crippen molar-refractivity contribution in [2.45, 2.75) is 6.29 Å². The van der Waals surface area contributed by atoms with Crippen molar-refractivity contribution in [2.24, 2.45) is 0 Å². The Morgan fingerprint density at radius 1 is 1.19 bits per heavy atom. The molecule has 3 nitrogen and oxygen atoms in total. The van der Waals surface area contributed by atoms with Gasteiger partial charge in [0.1, 0.15) is 12.4 Å². The smallest absolute Gasteiger partial charge is 0.191 e. The van der Waals surface area contributed by atoms with Crippen LogP contribution in [0, 0.1) is 0 Å². The number of hydrogen-bond donors (Lipinski definition) is 0. The molecule has 1 aromatic rings. The van der Waals surface area contributed by atoms with Gasteiger partial charge in [0.25, 0.3) is 0 Å². The van der Waals surface area contributed by atoms with Crippen LogP contribution in [0.5, 0.6) is 5.75 Å². The van der Waals surface area contributed by atoms with Gasteiger partial charge in [-0.05, 0) is 22.0 Å². The summed E-state index contributed by atoms with van der Waals surface area (Å²) in [6.07, 6.45) is -0.432. The average molecular weight is 330 g/mol. The van der Waals surface area contributed by atoms with Crippen molar-refractivity contribution in [3.8, 4) is 5.75 Å². The van der Waals surface area contributed by atoms with Gasteiger partial charge in [-0.25, -0.2) is 0 Å². The largest absolute Gasteiger partial charge is 0.487 e. The lowest BCUT2D eigenvalue weighted by molar-refractivity contribution is -0.121. The fourth-order valence-corrected chi connectivity index (χ4v) is 1.85. The second-order valence-electron chi connectivity index (χ2n) is 2.91. The third kappa shape index (κ3) is 3.79. The van der Waals surface area contributed by atoms with E-state index in [0.717, 1.165) is 4.47 Å². The fourth-order valence-electron chi connectivity index (χ4n) is 1.01. The number of halogens is 3. The molecule has 90 valence electrons. The Morgan fingerprint density at radius 3 is 2.38 bits per heavy atom. The molecule has 0 amide bonds. The Morgan fingerprint density at radius 2 is 1.81 bits per heavy atom. The monoisotopic (exact) mass is 328 g/mol. The number of hydrogen-bond acceptors (Lipinski definition) is 3. The molecule has 1 rings (SSSR count). The molecule has 0 aromatic heterocycles. The Kier molecular flexibility index (Phi) is 5.86. The van der Waals surface area contributed by atoms with Crippen LogP contribution in [0.25, 0.3) is 0 Å². The maximum Gasteiger partial charge on any atom is 0.191 e. The van der Waals surface area contributed by atoms with Gasteiger partial charge >= 0.3 is 0 Å². The lowest BCUT2D eigenvalue weighted by Gasteiger charge is -2.15. The highest BCUT2D eigenvalue weighted by Gasteiger charge is 2.10. The van der Waals surface area contributed by atoms with Crippen molar-refractivity contribution in [1.82, 2.24) is 0 Å². The minimum Gasteiger partial charge on any atom is -0.487 e. The standard InChI is InChI=1S/C10H11BrCl2O3/c1-14-10(15-2)5-16-9-4-7(12)6(11)3-8(9)13/h3-4,10H,5H2,1-2H3. The Balaban J connectivity index is 2.70. The second-order valence-corrected chi connectivity index (χ2v) is 4.58. The number of ether oxygens (including phenoxy) is 3. The molecule has 0 aliphatic carbocycles. The first-order chi connectivity index (χ1) is 7.58. The van der Waals surface area contributed by atoms with E-state index in [4.69, 9.17) is 37.4 Å². The normalized spacial score (nSPS) is 10.9. The lowest BCUT2D eigenvalue weighted by Crippen LogP contribution is -2.22. The van der Waals surface area contributed by atoms with Gasteiger partial charge in [0.2, 0.25) is 0 Å². The molecule has 0 radical (unpaired) electrons. The number of rotatable bonds is 5. The van der Waals surface area contributed by atoms with Crippen LogP contribution in [-0.2, 0) is 9.47 Å². The minimum atomic E-state index is -0.432. The summed E-state index contributed by atoms with van der Waals surface area (Å²) in [6.45, 7) is 0.241. The minimum absolute atomic E-state index is 0.241. The van der Waals surface area contributed by atoms with Crippen molar-refractivity contribution < 1.29 is 14.2 Å². The van der Waals surface area contributed by atoms with Crippen molar-refractivity contribution in [2.75, 3.05) is 20.8 Å². The first-order valence-corrected chi connectivity index (χ1v) is 5.96. The van der Waals surface area contributed by atoms with Crippen LogP contribution in [-0.4, -0.2) is 27.1 Å². The molecule has 0 spiro atoms. The summed E-state index contributed by atoms with van der Waals surface area (Å²) in [5, 5.41) is 1.01. The highest BCUT2D eigenvalue weighted by Crippen LogP contribution is 2.34. The maximum absolute atomic E-state index is 5.98. The highest BCUT2D eigenvalue weighted by atomic mass is 79.9. The summed E-state index contributed by atoms with van der Waals surface area (Å²) in [5.41, 5.74) is 0. The zero-order chi connectivity index (χ0) is 12.1. The number of benzene rings is 1. The summed E-state index contributed by atoms with van der Waals surface area (Å²) in [6, 6.07) is 3.31. The van der Waals surface area contributed by atoms with Crippen LogP contribution in [0.4, 0.5) is 0 Å². The summed E-state index contributed by atoms with van der Waals surface area (Å²) in [5.74, 6) is 0.494. The second kappa shape index (κ2) is 6.67. The fraction of sp³-hybridized carbons (Fsp3) is 0.400. The molecule has 0 aliphatic heterocycles. The SMILES string of the molecule is COC(COc1cc(Cl)c(Br)cc1Cl)OC. The van der Waals surface area contributed by atoms with E-state index in [0.29, 0.717) is 15.8 Å². The molecule has 1 aromatic carbocycles. The topological polar surface area (TPSA) is 27.7 Å². The van der Waals surface area contributed by atoms with Crippen LogP contribution in [0.3, 0.4) is 0 Å². The average Bonchev–Trinajstić information content (AvgIpc) is 2.26. The molecule has 0 fully saturated rings. The molecule has 16 heavy (non-hydrogen) atoms. The molecule has 0 atom stereocenters. The molecule has 0 saturated heterocycles. The Labute approximate surface area is 113 Å². The number of methoxy groups -OCH3 is 2. The van der Waals surface area contributed by atoms with Gasteiger partial charge < -0.3 is 14.2 Å². The Bertz CT molecular complexity index is 356. The summed E-state index contributed by atoms with van der Waals surface area (Å²) >= 11 is 15.2. The van der Waals surface area contributed by atoms with E-state index >= 15 is 0 Å². The molecule has 0 heterocycles. The third-order valence-electron chi connectivity index (χ3n) is 1.88. The van der Waals surface area contributed by atoms with E-state index in [2.05, 4.69) is 15.9 Å². The molecule has 0 N–H and O–H groups in total. The van der Waals surface area contributed by atoms with E-state index < -0.39 is 6.29 Å². The van der Waals surface area contributed by atoms with Gasteiger partial charge in [-0.1, -0.05) is 23.2 Å². The Hall–Kier alpha value is -0.0000000000000000763. The lowest BCUT2D eigenvalue weighted by atomic mass is 10.3. The maximum atomic E-state index is 5.98. The van der Waals surface area contributed by atoms with Gasteiger partial charge in [0.05, 0.1) is 10.0 Å². The van der Waals surface area contributed by atoms with Gasteiger partial charge in [-0.15, -0.1) is 0 Å². The van der Waals surface area contributed by atoms with Crippen LogP contribution in [0.1, 0.15) is 0 Å². The zero-order valence-corrected chi connectivity index (χ0v) is 11.9. The van der Waals surface area contributed by atoms with Crippen molar-refractivity contribution in [1.29, 1.82) is 0 Å². The predicted octanol–water partition coefficient (Wildman–Crippen LogP) is 3.75. The first-order valence-electron chi connectivity index (χ1n) is 4.41. The van der Waals surface area contributed by atoms with E-state index in [1.54, 1.807) is 12.1 Å². The quantitative estimate of drug-likeness (QED) is 0.608. The van der Waals surface area contributed by atoms with E-state index in [9.17, 15) is 0 Å². The molecule has 0 unspecified atom stereocenters. The summed E-state index contributed by atoms with van der Waals surface area (Å²) in [4.78, 5) is 0. The molecular weight excluding hydrogens is 319 g/mol. The van der Waals surface area contributed by atoms with E-state index in [-0.39, 0.29) is 6.61 Å².